The lowest BCUT2D eigenvalue weighted by Crippen LogP contribution is -2.58. The molecule has 1 heterocycles. The van der Waals surface area contributed by atoms with Gasteiger partial charge in [-0.3, -0.25) is 24.4 Å². The summed E-state index contributed by atoms with van der Waals surface area (Å²) in [5, 5.41) is 9.21. The van der Waals surface area contributed by atoms with E-state index in [1.165, 1.54) is 26.2 Å². The third-order valence-corrected chi connectivity index (χ3v) is 3.30. The molecule has 2 rings (SSSR count). The second-order valence-corrected chi connectivity index (χ2v) is 4.78. The van der Waals surface area contributed by atoms with Crippen molar-refractivity contribution in [2.24, 2.45) is 10.9 Å². The SMILES string of the molecule is CC(=Nc1ccc(O)cc1)C1C(=O)N(C)C(=O)N(C)C1=O. The van der Waals surface area contributed by atoms with Gasteiger partial charge in [0.1, 0.15) is 5.75 Å². The van der Waals surface area contributed by atoms with Crippen LogP contribution in [0.5, 0.6) is 5.75 Å². The Kier molecular flexibility index (Phi) is 3.75. The number of nitrogens with zero attached hydrogens (tertiary/aromatic N) is 3. The van der Waals surface area contributed by atoms with Gasteiger partial charge in [-0.05, 0) is 31.2 Å². The van der Waals surface area contributed by atoms with E-state index in [-0.39, 0.29) is 5.75 Å². The van der Waals surface area contributed by atoms with Crippen molar-refractivity contribution in [3.05, 3.63) is 24.3 Å². The van der Waals surface area contributed by atoms with Crippen molar-refractivity contribution in [1.29, 1.82) is 0 Å². The molecule has 0 aliphatic carbocycles. The van der Waals surface area contributed by atoms with Crippen molar-refractivity contribution in [2.75, 3.05) is 14.1 Å². The topological polar surface area (TPSA) is 90.3 Å². The second-order valence-electron chi connectivity index (χ2n) is 4.78. The normalized spacial score (nSPS) is 17.7. The number of carbonyl (C=O) groups is 3. The Morgan fingerprint density at radius 3 is 2.00 bits per heavy atom. The van der Waals surface area contributed by atoms with Crippen molar-refractivity contribution < 1.29 is 19.5 Å². The number of phenolic OH excluding ortho intramolecular Hbond substituents is 1. The highest BCUT2D eigenvalue weighted by Crippen LogP contribution is 2.21. The van der Waals surface area contributed by atoms with Crippen LogP contribution in [0.4, 0.5) is 10.5 Å². The molecular formula is C14H15N3O4. The number of hydrogen-bond acceptors (Lipinski definition) is 5. The number of carbonyl (C=O) groups excluding carboxylic acids is 3. The lowest BCUT2D eigenvalue weighted by Gasteiger charge is -2.32. The molecule has 4 amide bonds. The van der Waals surface area contributed by atoms with Crippen LogP contribution in [0.25, 0.3) is 0 Å². The van der Waals surface area contributed by atoms with E-state index in [4.69, 9.17) is 0 Å². The standard InChI is InChI=1S/C14H15N3O4/c1-8(15-9-4-6-10(18)7-5-9)11-12(19)16(2)14(21)17(3)13(11)20/h4-7,11,18H,1-3H3. The summed E-state index contributed by atoms with van der Waals surface area (Å²) in [6.45, 7) is 1.56. The van der Waals surface area contributed by atoms with Gasteiger partial charge in [0.25, 0.3) is 0 Å². The highest BCUT2D eigenvalue weighted by molar-refractivity contribution is 6.27. The van der Waals surface area contributed by atoms with Crippen molar-refractivity contribution in [1.82, 2.24) is 9.80 Å². The predicted octanol–water partition coefficient (Wildman–Crippen LogP) is 1.15. The first-order chi connectivity index (χ1) is 9.82. The molecule has 0 aromatic heterocycles. The van der Waals surface area contributed by atoms with Gasteiger partial charge in [-0.2, -0.15) is 0 Å². The van der Waals surface area contributed by atoms with E-state index in [0.29, 0.717) is 11.4 Å². The van der Waals surface area contributed by atoms with E-state index < -0.39 is 23.8 Å². The van der Waals surface area contributed by atoms with E-state index in [2.05, 4.69) is 4.99 Å². The van der Waals surface area contributed by atoms with Crippen molar-refractivity contribution >= 4 is 29.2 Å². The van der Waals surface area contributed by atoms with Gasteiger partial charge in [0.2, 0.25) is 11.8 Å². The molecule has 1 N–H and O–H groups in total. The van der Waals surface area contributed by atoms with Gasteiger partial charge in [0.15, 0.2) is 5.92 Å². The van der Waals surface area contributed by atoms with Crippen LogP contribution in [0, 0.1) is 5.92 Å². The number of amides is 4. The van der Waals surface area contributed by atoms with Crippen molar-refractivity contribution in [3.63, 3.8) is 0 Å². The molecular weight excluding hydrogens is 274 g/mol. The fourth-order valence-corrected chi connectivity index (χ4v) is 2.06. The third-order valence-electron chi connectivity index (χ3n) is 3.30. The van der Waals surface area contributed by atoms with Crippen LogP contribution in [-0.4, -0.2) is 52.6 Å². The van der Waals surface area contributed by atoms with Gasteiger partial charge in [0.05, 0.1) is 5.69 Å². The number of barbiturate groups is 1. The van der Waals surface area contributed by atoms with Gasteiger partial charge in [-0.15, -0.1) is 0 Å². The molecule has 0 bridgehead atoms. The predicted molar refractivity (Wildman–Crippen MR) is 75.3 cm³/mol. The number of benzene rings is 1. The summed E-state index contributed by atoms with van der Waals surface area (Å²) in [6, 6.07) is 5.39. The van der Waals surface area contributed by atoms with E-state index in [1.54, 1.807) is 19.1 Å². The fourth-order valence-electron chi connectivity index (χ4n) is 2.06. The number of aliphatic imine (C=N–C) groups is 1. The highest BCUT2D eigenvalue weighted by Gasteiger charge is 2.43. The molecule has 1 aromatic carbocycles. The Balaban J connectivity index is 2.34. The van der Waals surface area contributed by atoms with E-state index in [1.807, 2.05) is 0 Å². The first-order valence-electron chi connectivity index (χ1n) is 6.26. The molecule has 0 unspecified atom stereocenters. The highest BCUT2D eigenvalue weighted by atomic mass is 16.3. The minimum Gasteiger partial charge on any atom is -0.508 e. The number of rotatable bonds is 2. The van der Waals surface area contributed by atoms with Crippen LogP contribution in [0.2, 0.25) is 0 Å². The third kappa shape index (κ3) is 2.62. The maximum Gasteiger partial charge on any atom is 0.332 e. The zero-order chi connectivity index (χ0) is 15.7. The molecule has 0 saturated carbocycles. The minimum atomic E-state index is -1.11. The molecule has 7 nitrogen and oxygen atoms in total. The molecule has 0 spiro atoms. The van der Waals surface area contributed by atoms with Crippen LogP contribution in [0.15, 0.2) is 29.3 Å². The Morgan fingerprint density at radius 2 is 1.52 bits per heavy atom. The largest absolute Gasteiger partial charge is 0.508 e. The second kappa shape index (κ2) is 5.35. The van der Waals surface area contributed by atoms with Crippen LogP contribution in [-0.2, 0) is 9.59 Å². The summed E-state index contributed by atoms with van der Waals surface area (Å²) in [5.74, 6) is -2.20. The van der Waals surface area contributed by atoms with Crippen molar-refractivity contribution in [2.45, 2.75) is 6.92 Å². The molecule has 0 atom stereocenters. The Labute approximate surface area is 121 Å². The first kappa shape index (κ1) is 14.7. The lowest BCUT2D eigenvalue weighted by molar-refractivity contribution is -0.144. The molecule has 1 aromatic rings. The smallest absolute Gasteiger partial charge is 0.332 e. The van der Waals surface area contributed by atoms with Gasteiger partial charge in [0, 0.05) is 19.8 Å². The first-order valence-corrected chi connectivity index (χ1v) is 6.26. The molecule has 110 valence electrons. The summed E-state index contributed by atoms with van der Waals surface area (Å²) >= 11 is 0. The number of aromatic hydroxyl groups is 1. The molecule has 21 heavy (non-hydrogen) atoms. The van der Waals surface area contributed by atoms with Gasteiger partial charge in [-0.25, -0.2) is 4.79 Å². The maximum absolute atomic E-state index is 12.1. The zero-order valence-corrected chi connectivity index (χ0v) is 11.9. The Morgan fingerprint density at radius 1 is 1.05 bits per heavy atom. The van der Waals surface area contributed by atoms with Crippen LogP contribution < -0.4 is 0 Å². The summed E-state index contributed by atoms with van der Waals surface area (Å²) in [6.07, 6.45) is 0. The van der Waals surface area contributed by atoms with Crippen LogP contribution in [0.1, 0.15) is 6.92 Å². The number of hydrogen-bond donors (Lipinski definition) is 1. The maximum atomic E-state index is 12.1. The zero-order valence-electron chi connectivity index (χ0n) is 11.9. The summed E-state index contributed by atoms with van der Waals surface area (Å²) < 4.78 is 0. The summed E-state index contributed by atoms with van der Waals surface area (Å²) in [5.41, 5.74) is 0.801. The minimum absolute atomic E-state index is 0.0986. The van der Waals surface area contributed by atoms with Crippen LogP contribution >= 0.6 is 0 Å². The average Bonchev–Trinajstić information content (AvgIpc) is 2.46. The lowest BCUT2D eigenvalue weighted by atomic mass is 9.99. The molecule has 1 fully saturated rings. The van der Waals surface area contributed by atoms with Crippen molar-refractivity contribution in [3.8, 4) is 5.75 Å². The van der Waals surface area contributed by atoms with E-state index in [9.17, 15) is 19.5 Å². The van der Waals surface area contributed by atoms with Crippen LogP contribution in [0.3, 0.4) is 0 Å². The number of urea groups is 1. The Hall–Kier alpha value is -2.70. The van der Waals surface area contributed by atoms with Gasteiger partial charge in [-0.1, -0.05) is 0 Å². The summed E-state index contributed by atoms with van der Waals surface area (Å²) in [4.78, 5) is 41.9. The van der Waals surface area contributed by atoms with Gasteiger partial charge >= 0.3 is 6.03 Å². The number of phenols is 1. The van der Waals surface area contributed by atoms with E-state index >= 15 is 0 Å². The molecule has 7 heteroatoms. The molecule has 1 saturated heterocycles. The Bertz CT molecular complexity index is 612. The quantitative estimate of drug-likeness (QED) is 0.653. The monoisotopic (exact) mass is 289 g/mol. The van der Waals surface area contributed by atoms with Gasteiger partial charge < -0.3 is 5.11 Å². The summed E-state index contributed by atoms with van der Waals surface area (Å²) in [7, 11) is 2.66. The molecule has 0 radical (unpaired) electrons. The van der Waals surface area contributed by atoms with E-state index in [0.717, 1.165) is 9.80 Å². The average molecular weight is 289 g/mol. The fraction of sp³-hybridized carbons (Fsp3) is 0.286. The number of imide groups is 2. The molecule has 1 aliphatic rings. The molecule has 1 aliphatic heterocycles.